The first-order chi connectivity index (χ1) is 8.13. The number of carbonyl (C=O) groups is 1. The molecule has 0 heterocycles. The molecule has 0 fully saturated rings. The summed E-state index contributed by atoms with van der Waals surface area (Å²) in [5.74, 6) is -0.538. The molecule has 0 aliphatic rings. The lowest BCUT2D eigenvalue weighted by Crippen LogP contribution is -2.26. The highest BCUT2D eigenvalue weighted by Crippen LogP contribution is 2.05. The van der Waals surface area contributed by atoms with Crippen molar-refractivity contribution in [2.45, 2.75) is 11.2 Å². The predicted molar refractivity (Wildman–Crippen MR) is 67.9 cm³/mol. The minimum Gasteiger partial charge on any atom is -0.384 e. The van der Waals surface area contributed by atoms with E-state index in [4.69, 9.17) is 4.74 Å². The van der Waals surface area contributed by atoms with Gasteiger partial charge in [-0.15, -0.1) is 0 Å². The van der Waals surface area contributed by atoms with E-state index in [2.05, 4.69) is 21.2 Å². The Labute approximate surface area is 108 Å². The molecule has 1 unspecified atom stereocenters. The number of alkyl halides is 1. The fraction of sp³-hybridized carbons (Fsp3) is 0.417. The minimum absolute atomic E-state index is 0.192. The summed E-state index contributed by atoms with van der Waals surface area (Å²) in [7, 11) is 1.63. The van der Waals surface area contributed by atoms with E-state index in [0.717, 1.165) is 6.42 Å². The molecule has 1 N–H and O–H groups in total. The van der Waals surface area contributed by atoms with Gasteiger partial charge in [-0.2, -0.15) is 0 Å². The van der Waals surface area contributed by atoms with Gasteiger partial charge in [0.15, 0.2) is 0 Å². The van der Waals surface area contributed by atoms with Crippen molar-refractivity contribution in [3.8, 4) is 0 Å². The number of carbonyl (C=O) groups excluding carboxylic acids is 1. The molecule has 0 aliphatic carbocycles. The maximum Gasteiger partial charge on any atom is 0.251 e. The number of ether oxygens (including phenoxy) is 1. The standard InChI is InChI=1S/C12H15BrFNO2/c1-17-8-10(13)6-7-15-12(16)9-2-4-11(14)5-3-9/h2-5,10H,6-8H2,1H3,(H,15,16). The van der Waals surface area contributed by atoms with Crippen LogP contribution in [0.25, 0.3) is 0 Å². The Kier molecular flexibility index (Phi) is 6.15. The molecular formula is C12H15BrFNO2. The van der Waals surface area contributed by atoms with Crippen molar-refractivity contribution < 1.29 is 13.9 Å². The van der Waals surface area contributed by atoms with Gasteiger partial charge in [-0.1, -0.05) is 15.9 Å². The summed E-state index contributed by atoms with van der Waals surface area (Å²) in [6.07, 6.45) is 0.779. The number of halogens is 2. The van der Waals surface area contributed by atoms with Gasteiger partial charge in [0.25, 0.3) is 5.91 Å². The zero-order valence-electron chi connectivity index (χ0n) is 9.58. The first-order valence-electron chi connectivity index (χ1n) is 5.30. The van der Waals surface area contributed by atoms with Crippen LogP contribution in [0.3, 0.4) is 0 Å². The Hall–Kier alpha value is -0.940. The maximum absolute atomic E-state index is 12.6. The van der Waals surface area contributed by atoms with Crippen molar-refractivity contribution in [2.75, 3.05) is 20.3 Å². The lowest BCUT2D eigenvalue weighted by molar-refractivity contribution is 0.0952. The lowest BCUT2D eigenvalue weighted by atomic mass is 10.2. The molecule has 0 radical (unpaired) electrons. The topological polar surface area (TPSA) is 38.3 Å². The summed E-state index contributed by atoms with van der Waals surface area (Å²) >= 11 is 3.43. The van der Waals surface area contributed by atoms with Crippen molar-refractivity contribution in [3.63, 3.8) is 0 Å². The normalized spacial score (nSPS) is 12.2. The summed E-state index contributed by atoms with van der Waals surface area (Å²) in [5.41, 5.74) is 0.462. The molecule has 17 heavy (non-hydrogen) atoms. The number of rotatable bonds is 6. The SMILES string of the molecule is COCC(Br)CCNC(=O)c1ccc(F)cc1. The quantitative estimate of drug-likeness (QED) is 0.819. The summed E-state index contributed by atoms with van der Waals surface area (Å²) in [6.45, 7) is 1.15. The lowest BCUT2D eigenvalue weighted by Gasteiger charge is -2.09. The van der Waals surface area contributed by atoms with Crippen LogP contribution in [0.5, 0.6) is 0 Å². The Morgan fingerprint density at radius 3 is 2.71 bits per heavy atom. The van der Waals surface area contributed by atoms with Crippen LogP contribution < -0.4 is 5.32 Å². The van der Waals surface area contributed by atoms with E-state index in [-0.39, 0.29) is 16.6 Å². The molecule has 1 aromatic carbocycles. The second-order valence-corrected chi connectivity index (χ2v) is 4.90. The number of nitrogens with one attached hydrogen (secondary N) is 1. The fourth-order valence-corrected chi connectivity index (χ4v) is 1.80. The van der Waals surface area contributed by atoms with E-state index >= 15 is 0 Å². The summed E-state index contributed by atoms with van der Waals surface area (Å²) in [4.78, 5) is 11.8. The summed E-state index contributed by atoms with van der Waals surface area (Å²) in [6, 6.07) is 5.47. The molecule has 0 spiro atoms. The molecule has 0 saturated heterocycles. The number of hydrogen-bond donors (Lipinski definition) is 1. The third kappa shape index (κ3) is 5.28. The van der Waals surface area contributed by atoms with Crippen LogP contribution in [-0.2, 0) is 4.74 Å². The van der Waals surface area contributed by atoms with Crippen LogP contribution in [0.4, 0.5) is 4.39 Å². The van der Waals surface area contributed by atoms with Gasteiger partial charge >= 0.3 is 0 Å². The van der Waals surface area contributed by atoms with E-state index in [1.54, 1.807) is 7.11 Å². The molecule has 1 rings (SSSR count). The van der Waals surface area contributed by atoms with E-state index < -0.39 is 0 Å². The van der Waals surface area contributed by atoms with Crippen LogP contribution in [0, 0.1) is 5.82 Å². The Morgan fingerprint density at radius 2 is 2.12 bits per heavy atom. The third-order valence-corrected chi connectivity index (χ3v) is 2.92. The molecule has 1 aromatic rings. The fourth-order valence-electron chi connectivity index (χ4n) is 1.31. The summed E-state index contributed by atoms with van der Waals surface area (Å²) in [5, 5.41) is 2.76. The van der Waals surface area contributed by atoms with E-state index in [1.165, 1.54) is 24.3 Å². The highest BCUT2D eigenvalue weighted by molar-refractivity contribution is 9.09. The number of methoxy groups -OCH3 is 1. The van der Waals surface area contributed by atoms with E-state index in [1.807, 2.05) is 0 Å². The monoisotopic (exact) mass is 303 g/mol. The van der Waals surface area contributed by atoms with Crippen molar-refractivity contribution in [1.29, 1.82) is 0 Å². The Morgan fingerprint density at radius 1 is 1.47 bits per heavy atom. The van der Waals surface area contributed by atoms with Crippen molar-refractivity contribution in [2.24, 2.45) is 0 Å². The first-order valence-corrected chi connectivity index (χ1v) is 6.22. The molecular weight excluding hydrogens is 289 g/mol. The Balaban J connectivity index is 2.32. The van der Waals surface area contributed by atoms with Gasteiger partial charge in [-0.25, -0.2) is 4.39 Å². The first kappa shape index (κ1) is 14.1. The van der Waals surface area contributed by atoms with Crippen LogP contribution in [-0.4, -0.2) is 31.0 Å². The predicted octanol–water partition coefficient (Wildman–Crippen LogP) is 2.36. The van der Waals surface area contributed by atoms with Gasteiger partial charge in [0.05, 0.1) is 6.61 Å². The highest BCUT2D eigenvalue weighted by atomic mass is 79.9. The van der Waals surface area contributed by atoms with Gasteiger partial charge in [0.2, 0.25) is 0 Å². The number of benzene rings is 1. The highest BCUT2D eigenvalue weighted by Gasteiger charge is 2.07. The van der Waals surface area contributed by atoms with Crippen molar-refractivity contribution >= 4 is 21.8 Å². The average Bonchev–Trinajstić information content (AvgIpc) is 2.30. The van der Waals surface area contributed by atoms with Gasteiger partial charge in [-0.05, 0) is 30.7 Å². The van der Waals surface area contributed by atoms with Gasteiger partial charge < -0.3 is 10.1 Å². The van der Waals surface area contributed by atoms with E-state index in [0.29, 0.717) is 18.7 Å². The maximum atomic E-state index is 12.6. The van der Waals surface area contributed by atoms with Crippen LogP contribution in [0.15, 0.2) is 24.3 Å². The van der Waals surface area contributed by atoms with Gasteiger partial charge in [0.1, 0.15) is 5.82 Å². The molecule has 0 aromatic heterocycles. The molecule has 0 aliphatic heterocycles. The molecule has 0 bridgehead atoms. The second kappa shape index (κ2) is 7.40. The van der Waals surface area contributed by atoms with Crippen molar-refractivity contribution in [3.05, 3.63) is 35.6 Å². The third-order valence-electron chi connectivity index (χ3n) is 2.20. The van der Waals surface area contributed by atoms with Gasteiger partial charge in [0, 0.05) is 24.0 Å². The Bertz CT molecular complexity index is 356. The molecule has 94 valence electrons. The smallest absolute Gasteiger partial charge is 0.251 e. The van der Waals surface area contributed by atoms with E-state index in [9.17, 15) is 9.18 Å². The van der Waals surface area contributed by atoms with Crippen LogP contribution in [0.2, 0.25) is 0 Å². The average molecular weight is 304 g/mol. The second-order valence-electron chi connectivity index (χ2n) is 3.60. The van der Waals surface area contributed by atoms with Crippen molar-refractivity contribution in [1.82, 2.24) is 5.32 Å². The van der Waals surface area contributed by atoms with Crippen LogP contribution in [0.1, 0.15) is 16.8 Å². The largest absolute Gasteiger partial charge is 0.384 e. The summed E-state index contributed by atoms with van der Waals surface area (Å²) < 4.78 is 17.6. The number of hydrogen-bond acceptors (Lipinski definition) is 2. The molecule has 0 saturated carbocycles. The molecule has 1 amide bonds. The molecule has 1 atom stereocenters. The zero-order chi connectivity index (χ0) is 12.7. The van der Waals surface area contributed by atoms with Gasteiger partial charge in [-0.3, -0.25) is 4.79 Å². The number of amides is 1. The zero-order valence-corrected chi connectivity index (χ0v) is 11.2. The van der Waals surface area contributed by atoms with Crippen LogP contribution >= 0.6 is 15.9 Å². The minimum atomic E-state index is -0.345. The molecule has 5 heteroatoms. The molecule has 3 nitrogen and oxygen atoms in total.